The van der Waals surface area contributed by atoms with Gasteiger partial charge in [-0.15, -0.1) is 0 Å². The van der Waals surface area contributed by atoms with E-state index >= 15 is 0 Å². The number of fused-ring (bicyclic) bond motifs is 1. The van der Waals surface area contributed by atoms with Crippen LogP contribution in [0.3, 0.4) is 0 Å². The molecule has 0 atom stereocenters. The third kappa shape index (κ3) is 2.22. The summed E-state index contributed by atoms with van der Waals surface area (Å²) in [4.78, 5) is 4.04. The molecule has 0 spiro atoms. The van der Waals surface area contributed by atoms with Gasteiger partial charge in [-0.05, 0) is 30.7 Å². The fraction of sp³-hybridized carbons (Fsp3) is 0.214. The highest BCUT2D eigenvalue weighted by atomic mass is 14.9. The van der Waals surface area contributed by atoms with E-state index in [2.05, 4.69) is 10.3 Å². The Morgan fingerprint density at radius 2 is 2.22 bits per heavy atom. The first-order chi connectivity index (χ1) is 8.63. The molecule has 0 unspecified atom stereocenters. The topological polar surface area (TPSA) is 76.4 Å². The van der Waals surface area contributed by atoms with E-state index in [0.29, 0.717) is 0 Å². The van der Waals surface area contributed by atoms with Crippen molar-refractivity contribution in [3.63, 3.8) is 0 Å². The van der Waals surface area contributed by atoms with Gasteiger partial charge in [0, 0.05) is 48.0 Å². The molecule has 4 heteroatoms. The molecule has 1 heterocycles. The fourth-order valence-electron chi connectivity index (χ4n) is 2.02. The lowest BCUT2D eigenvalue weighted by Crippen LogP contribution is -2.12. The molecule has 1 aromatic rings. The van der Waals surface area contributed by atoms with Crippen LogP contribution >= 0.6 is 0 Å². The first-order valence-corrected chi connectivity index (χ1v) is 5.86. The van der Waals surface area contributed by atoms with Crippen LogP contribution in [-0.4, -0.2) is 19.8 Å². The summed E-state index contributed by atoms with van der Waals surface area (Å²) >= 11 is 0. The maximum Gasteiger partial charge on any atom is 0.0437 e. The maximum absolute atomic E-state index is 6.01. The van der Waals surface area contributed by atoms with Crippen molar-refractivity contribution in [3.05, 3.63) is 41.1 Å². The van der Waals surface area contributed by atoms with Gasteiger partial charge in [-0.2, -0.15) is 0 Å². The molecule has 0 radical (unpaired) electrons. The van der Waals surface area contributed by atoms with E-state index in [1.807, 2.05) is 31.2 Å². The van der Waals surface area contributed by atoms with E-state index in [4.69, 9.17) is 11.5 Å². The highest BCUT2D eigenvalue weighted by molar-refractivity contribution is 6.11. The van der Waals surface area contributed by atoms with Crippen molar-refractivity contribution in [1.82, 2.24) is 0 Å². The molecule has 0 fully saturated rings. The Morgan fingerprint density at radius 1 is 1.44 bits per heavy atom. The maximum atomic E-state index is 6.01. The molecule has 1 aromatic carbocycles. The summed E-state index contributed by atoms with van der Waals surface area (Å²) in [5.41, 5.74) is 17.5. The predicted molar refractivity (Wildman–Crippen MR) is 78.3 cm³/mol. The second-order valence-electron chi connectivity index (χ2n) is 4.28. The number of nitrogens with zero attached hydrogens (tertiary/aromatic N) is 1. The standard InChI is InChI=1S/C14H18N4/c1-9(15)12(8-17-2)10-3-4-14-11(7-10)13(16)5-6-18-14/h3-5,7-8,18H,6,15-16H2,1-2H3. The van der Waals surface area contributed by atoms with Gasteiger partial charge in [0.05, 0.1) is 0 Å². The summed E-state index contributed by atoms with van der Waals surface area (Å²) in [6, 6.07) is 6.09. The van der Waals surface area contributed by atoms with E-state index in [-0.39, 0.29) is 0 Å². The normalized spacial score (nSPS) is 15.8. The number of hydrogen-bond acceptors (Lipinski definition) is 4. The molecule has 0 aliphatic carbocycles. The van der Waals surface area contributed by atoms with Crippen molar-refractivity contribution >= 4 is 23.2 Å². The smallest absolute Gasteiger partial charge is 0.0437 e. The Balaban J connectivity index is 2.53. The van der Waals surface area contributed by atoms with Crippen LogP contribution in [0.15, 0.2) is 35.0 Å². The number of nitrogens with two attached hydrogens (primary N) is 2. The first kappa shape index (κ1) is 12.2. The van der Waals surface area contributed by atoms with Crippen LogP contribution in [-0.2, 0) is 0 Å². The number of aliphatic imine (C=N–C) groups is 1. The van der Waals surface area contributed by atoms with Crippen molar-refractivity contribution in [2.45, 2.75) is 6.92 Å². The Hall–Kier alpha value is -2.23. The van der Waals surface area contributed by atoms with Gasteiger partial charge in [0.25, 0.3) is 0 Å². The largest absolute Gasteiger partial charge is 0.402 e. The molecular formula is C14H18N4. The van der Waals surface area contributed by atoms with Crippen LogP contribution in [0.2, 0.25) is 0 Å². The van der Waals surface area contributed by atoms with Gasteiger partial charge in [0.15, 0.2) is 0 Å². The van der Waals surface area contributed by atoms with Crippen LogP contribution in [0.5, 0.6) is 0 Å². The third-order valence-electron chi connectivity index (χ3n) is 2.94. The van der Waals surface area contributed by atoms with Gasteiger partial charge in [0.1, 0.15) is 0 Å². The molecule has 2 rings (SSSR count). The molecule has 4 nitrogen and oxygen atoms in total. The minimum Gasteiger partial charge on any atom is -0.402 e. The van der Waals surface area contributed by atoms with Crippen molar-refractivity contribution < 1.29 is 0 Å². The minimum absolute atomic E-state index is 0.742. The molecule has 0 bridgehead atoms. The van der Waals surface area contributed by atoms with Crippen molar-refractivity contribution in [2.75, 3.05) is 18.9 Å². The number of rotatable bonds is 2. The zero-order valence-corrected chi connectivity index (χ0v) is 10.7. The minimum atomic E-state index is 0.742. The Labute approximate surface area is 107 Å². The summed E-state index contributed by atoms with van der Waals surface area (Å²) in [5.74, 6) is 0. The lowest BCUT2D eigenvalue weighted by atomic mass is 9.98. The van der Waals surface area contributed by atoms with Crippen LogP contribution in [0.25, 0.3) is 11.3 Å². The fourth-order valence-corrected chi connectivity index (χ4v) is 2.02. The second kappa shape index (κ2) is 4.96. The molecule has 18 heavy (non-hydrogen) atoms. The molecule has 0 amide bonds. The molecule has 0 saturated heterocycles. The molecule has 0 aromatic heterocycles. The Kier molecular flexibility index (Phi) is 3.37. The van der Waals surface area contributed by atoms with E-state index < -0.39 is 0 Å². The summed E-state index contributed by atoms with van der Waals surface area (Å²) in [6.45, 7) is 2.64. The molecule has 1 aliphatic heterocycles. The number of hydrogen-bond donors (Lipinski definition) is 3. The van der Waals surface area contributed by atoms with Gasteiger partial charge in [-0.25, -0.2) is 0 Å². The van der Waals surface area contributed by atoms with Crippen molar-refractivity contribution in [2.24, 2.45) is 16.5 Å². The average molecular weight is 242 g/mol. The summed E-state index contributed by atoms with van der Waals surface area (Å²) in [5, 5.41) is 3.28. The molecular weight excluding hydrogens is 224 g/mol. The number of allylic oxidation sites excluding steroid dienone is 2. The Bertz CT molecular complexity index is 549. The monoisotopic (exact) mass is 242 g/mol. The predicted octanol–water partition coefficient (Wildman–Crippen LogP) is 1.80. The number of anilines is 1. The molecule has 0 saturated carbocycles. The zero-order chi connectivity index (χ0) is 13.1. The molecule has 94 valence electrons. The van der Waals surface area contributed by atoms with E-state index in [9.17, 15) is 0 Å². The van der Waals surface area contributed by atoms with Crippen LogP contribution in [0.1, 0.15) is 18.1 Å². The lowest BCUT2D eigenvalue weighted by Gasteiger charge is -2.18. The van der Waals surface area contributed by atoms with Crippen LogP contribution < -0.4 is 16.8 Å². The highest BCUT2D eigenvalue weighted by Crippen LogP contribution is 2.28. The lowest BCUT2D eigenvalue weighted by molar-refractivity contribution is 1.26. The second-order valence-corrected chi connectivity index (χ2v) is 4.28. The van der Waals surface area contributed by atoms with Gasteiger partial charge < -0.3 is 16.8 Å². The van der Waals surface area contributed by atoms with Crippen molar-refractivity contribution in [1.29, 1.82) is 0 Å². The van der Waals surface area contributed by atoms with E-state index in [1.165, 1.54) is 0 Å². The van der Waals surface area contributed by atoms with E-state index in [0.717, 1.165) is 40.3 Å². The third-order valence-corrected chi connectivity index (χ3v) is 2.94. The summed E-state index contributed by atoms with van der Waals surface area (Å²) in [7, 11) is 1.73. The quantitative estimate of drug-likeness (QED) is 0.692. The number of nitrogens with one attached hydrogen (secondary N) is 1. The Morgan fingerprint density at radius 3 is 2.89 bits per heavy atom. The van der Waals surface area contributed by atoms with Crippen molar-refractivity contribution in [3.8, 4) is 0 Å². The summed E-state index contributed by atoms with van der Waals surface area (Å²) in [6.07, 6.45) is 3.74. The average Bonchev–Trinajstić information content (AvgIpc) is 2.36. The summed E-state index contributed by atoms with van der Waals surface area (Å²) < 4.78 is 0. The number of benzene rings is 1. The van der Waals surface area contributed by atoms with Crippen LogP contribution in [0, 0.1) is 0 Å². The van der Waals surface area contributed by atoms with Gasteiger partial charge >= 0.3 is 0 Å². The van der Waals surface area contributed by atoms with Gasteiger partial charge in [-0.3, -0.25) is 4.99 Å². The van der Waals surface area contributed by atoms with Gasteiger partial charge in [0.2, 0.25) is 0 Å². The highest BCUT2D eigenvalue weighted by Gasteiger charge is 2.11. The molecule has 5 N–H and O–H groups in total. The van der Waals surface area contributed by atoms with Gasteiger partial charge in [-0.1, -0.05) is 6.07 Å². The zero-order valence-electron chi connectivity index (χ0n) is 10.7. The SMILES string of the molecule is CN=CC(=C(C)N)c1ccc2c(c1)C(N)=CCN2. The van der Waals surface area contributed by atoms with E-state index in [1.54, 1.807) is 13.3 Å². The molecule has 1 aliphatic rings. The van der Waals surface area contributed by atoms with Crippen LogP contribution in [0.4, 0.5) is 5.69 Å². The first-order valence-electron chi connectivity index (χ1n) is 5.86.